The van der Waals surface area contributed by atoms with E-state index in [1.165, 1.54) is 0 Å². The molecular weight excluding hydrogens is 286 g/mol. The van der Waals surface area contributed by atoms with Gasteiger partial charge in [-0.25, -0.2) is 9.97 Å². The van der Waals surface area contributed by atoms with Crippen LogP contribution in [0.3, 0.4) is 0 Å². The van der Waals surface area contributed by atoms with Crippen molar-refractivity contribution in [1.82, 2.24) is 9.97 Å². The summed E-state index contributed by atoms with van der Waals surface area (Å²) in [6.45, 7) is 5.88. The molecule has 2 aromatic rings. The number of carbonyl (C=O) groups is 1. The van der Waals surface area contributed by atoms with Crippen molar-refractivity contribution in [1.29, 1.82) is 0 Å². The summed E-state index contributed by atoms with van der Waals surface area (Å²) in [5, 5.41) is 0. The molecule has 0 saturated carbocycles. The molecule has 1 aliphatic rings. The van der Waals surface area contributed by atoms with Crippen LogP contribution < -0.4 is 4.90 Å². The Morgan fingerprint density at radius 1 is 1.22 bits per heavy atom. The van der Waals surface area contributed by atoms with Crippen LogP contribution in [-0.4, -0.2) is 28.8 Å². The number of nitrogens with zero attached hydrogens (tertiary/aromatic N) is 3. The maximum atomic E-state index is 12.7. The van der Waals surface area contributed by atoms with Crippen molar-refractivity contribution in [2.45, 2.75) is 32.6 Å². The van der Waals surface area contributed by atoms with E-state index in [9.17, 15) is 4.79 Å². The maximum Gasteiger partial charge on any atom is 0.225 e. The molecule has 0 amide bonds. The summed E-state index contributed by atoms with van der Waals surface area (Å²) < 4.78 is 0. The largest absolute Gasteiger partial charge is 0.340 e. The molecule has 1 unspecified atom stereocenters. The standard InChI is InChI=1S/C19H23N3O/c1-14(2)17-10-11-20-19(21-17)22-12-6-9-16(13-22)18(23)15-7-4-3-5-8-15/h3-5,7-8,10-11,14,16H,6,9,12-13H2,1-2H3. The summed E-state index contributed by atoms with van der Waals surface area (Å²) in [4.78, 5) is 23.9. The number of Topliss-reactive ketones (excluding diaryl/α,β-unsaturated/α-hetero) is 1. The third kappa shape index (κ3) is 3.58. The lowest BCUT2D eigenvalue weighted by Gasteiger charge is -2.32. The van der Waals surface area contributed by atoms with Crippen molar-refractivity contribution < 1.29 is 4.79 Å². The zero-order valence-corrected chi connectivity index (χ0v) is 13.8. The van der Waals surface area contributed by atoms with E-state index >= 15 is 0 Å². The lowest BCUT2D eigenvalue weighted by molar-refractivity contribution is 0.0907. The molecule has 1 saturated heterocycles. The van der Waals surface area contributed by atoms with Crippen LogP contribution >= 0.6 is 0 Å². The third-order valence-corrected chi connectivity index (χ3v) is 4.39. The molecule has 1 aromatic heterocycles. The molecule has 1 aromatic carbocycles. The summed E-state index contributed by atoms with van der Waals surface area (Å²) in [6, 6.07) is 11.5. The summed E-state index contributed by atoms with van der Waals surface area (Å²) >= 11 is 0. The molecular formula is C19H23N3O. The van der Waals surface area contributed by atoms with Crippen LogP contribution in [0.25, 0.3) is 0 Å². The zero-order chi connectivity index (χ0) is 16.2. The van der Waals surface area contributed by atoms with Gasteiger partial charge < -0.3 is 4.90 Å². The fraction of sp³-hybridized carbons (Fsp3) is 0.421. The van der Waals surface area contributed by atoms with Gasteiger partial charge in [0.05, 0.1) is 0 Å². The molecule has 0 N–H and O–H groups in total. The fourth-order valence-electron chi connectivity index (χ4n) is 3.05. The second-order valence-corrected chi connectivity index (χ2v) is 6.45. The molecule has 1 aliphatic heterocycles. The van der Waals surface area contributed by atoms with Gasteiger partial charge in [0.15, 0.2) is 5.78 Å². The summed E-state index contributed by atoms with van der Waals surface area (Å²) in [6.07, 6.45) is 3.76. The minimum atomic E-state index is 0.0254. The fourth-order valence-corrected chi connectivity index (χ4v) is 3.05. The van der Waals surface area contributed by atoms with Crippen molar-refractivity contribution in [2.75, 3.05) is 18.0 Å². The number of anilines is 1. The van der Waals surface area contributed by atoms with Crippen LogP contribution in [0.5, 0.6) is 0 Å². The highest BCUT2D eigenvalue weighted by atomic mass is 16.1. The Balaban J connectivity index is 1.76. The first-order chi connectivity index (χ1) is 11.1. The molecule has 2 heterocycles. The van der Waals surface area contributed by atoms with Crippen LogP contribution in [-0.2, 0) is 0 Å². The van der Waals surface area contributed by atoms with E-state index in [4.69, 9.17) is 0 Å². The second kappa shape index (κ2) is 6.90. The van der Waals surface area contributed by atoms with E-state index < -0.39 is 0 Å². The van der Waals surface area contributed by atoms with Gasteiger partial charge in [-0.05, 0) is 24.8 Å². The highest BCUT2D eigenvalue weighted by molar-refractivity contribution is 5.98. The van der Waals surface area contributed by atoms with Crippen LogP contribution in [0, 0.1) is 5.92 Å². The van der Waals surface area contributed by atoms with Gasteiger partial charge >= 0.3 is 0 Å². The van der Waals surface area contributed by atoms with E-state index in [2.05, 4.69) is 28.7 Å². The third-order valence-electron chi connectivity index (χ3n) is 4.39. The molecule has 1 fully saturated rings. The van der Waals surface area contributed by atoms with E-state index in [1.54, 1.807) is 0 Å². The molecule has 0 bridgehead atoms. The van der Waals surface area contributed by atoms with Crippen LogP contribution in [0.4, 0.5) is 5.95 Å². The molecule has 0 radical (unpaired) electrons. The van der Waals surface area contributed by atoms with Gasteiger partial charge in [-0.3, -0.25) is 4.79 Å². The second-order valence-electron chi connectivity index (χ2n) is 6.45. The maximum absolute atomic E-state index is 12.7. The van der Waals surface area contributed by atoms with Gasteiger partial charge in [-0.2, -0.15) is 0 Å². The molecule has 120 valence electrons. The zero-order valence-electron chi connectivity index (χ0n) is 13.8. The Bertz CT molecular complexity index is 669. The number of hydrogen-bond acceptors (Lipinski definition) is 4. The Labute approximate surface area is 137 Å². The normalized spacial score (nSPS) is 18.2. The molecule has 4 nitrogen and oxygen atoms in total. The summed E-state index contributed by atoms with van der Waals surface area (Å²) in [7, 11) is 0. The number of ketones is 1. The van der Waals surface area contributed by atoms with Crippen LogP contribution in [0.2, 0.25) is 0 Å². The van der Waals surface area contributed by atoms with E-state index in [1.807, 2.05) is 42.6 Å². The van der Waals surface area contributed by atoms with Crippen molar-refractivity contribution in [3.8, 4) is 0 Å². The topological polar surface area (TPSA) is 46.1 Å². The number of benzene rings is 1. The Morgan fingerprint density at radius 3 is 2.74 bits per heavy atom. The minimum absolute atomic E-state index is 0.0254. The van der Waals surface area contributed by atoms with Crippen molar-refractivity contribution in [2.24, 2.45) is 5.92 Å². The number of hydrogen-bond donors (Lipinski definition) is 0. The smallest absolute Gasteiger partial charge is 0.225 e. The number of piperidine rings is 1. The van der Waals surface area contributed by atoms with Crippen LogP contribution in [0.15, 0.2) is 42.6 Å². The Kier molecular flexibility index (Phi) is 4.70. The van der Waals surface area contributed by atoms with E-state index in [-0.39, 0.29) is 11.7 Å². The molecule has 1 atom stereocenters. The van der Waals surface area contributed by atoms with Gasteiger partial charge in [0.1, 0.15) is 0 Å². The molecule has 0 aliphatic carbocycles. The molecule has 23 heavy (non-hydrogen) atoms. The van der Waals surface area contributed by atoms with Gasteiger partial charge in [-0.15, -0.1) is 0 Å². The Hall–Kier alpha value is -2.23. The van der Waals surface area contributed by atoms with E-state index in [0.29, 0.717) is 12.5 Å². The average Bonchev–Trinajstić information content (AvgIpc) is 2.62. The first kappa shape index (κ1) is 15.7. The number of rotatable bonds is 4. The predicted molar refractivity (Wildman–Crippen MR) is 91.8 cm³/mol. The number of carbonyl (C=O) groups excluding carboxylic acids is 1. The number of aromatic nitrogens is 2. The van der Waals surface area contributed by atoms with Crippen molar-refractivity contribution in [3.05, 3.63) is 53.9 Å². The van der Waals surface area contributed by atoms with Crippen molar-refractivity contribution >= 4 is 11.7 Å². The van der Waals surface area contributed by atoms with Crippen LogP contribution in [0.1, 0.15) is 48.7 Å². The lowest BCUT2D eigenvalue weighted by atomic mass is 9.90. The predicted octanol–water partition coefficient (Wildman–Crippen LogP) is 3.70. The monoisotopic (exact) mass is 309 g/mol. The van der Waals surface area contributed by atoms with Gasteiger partial charge in [0, 0.05) is 36.5 Å². The minimum Gasteiger partial charge on any atom is -0.340 e. The Morgan fingerprint density at radius 2 is 2.00 bits per heavy atom. The van der Waals surface area contributed by atoms with Crippen molar-refractivity contribution in [3.63, 3.8) is 0 Å². The summed E-state index contributed by atoms with van der Waals surface area (Å²) in [5.74, 6) is 1.39. The van der Waals surface area contributed by atoms with Gasteiger partial charge in [0.25, 0.3) is 0 Å². The molecule has 3 rings (SSSR count). The first-order valence-corrected chi connectivity index (χ1v) is 8.32. The first-order valence-electron chi connectivity index (χ1n) is 8.32. The molecule has 4 heteroatoms. The van der Waals surface area contributed by atoms with Gasteiger partial charge in [0.2, 0.25) is 5.95 Å². The summed E-state index contributed by atoms with van der Waals surface area (Å²) in [5.41, 5.74) is 1.85. The SMILES string of the molecule is CC(C)c1ccnc(N2CCCC(C(=O)c3ccccc3)C2)n1. The lowest BCUT2D eigenvalue weighted by Crippen LogP contribution is -2.39. The molecule has 0 spiro atoms. The van der Waals surface area contributed by atoms with Gasteiger partial charge in [-0.1, -0.05) is 44.2 Å². The van der Waals surface area contributed by atoms with E-state index in [0.717, 1.165) is 36.6 Å². The highest BCUT2D eigenvalue weighted by Gasteiger charge is 2.27. The average molecular weight is 309 g/mol. The quantitative estimate of drug-likeness (QED) is 0.808. The highest BCUT2D eigenvalue weighted by Crippen LogP contribution is 2.24.